The lowest BCUT2D eigenvalue weighted by molar-refractivity contribution is 0.0293. The molecule has 0 aliphatic carbocycles. The molecule has 1 aliphatic rings. The number of rotatable bonds is 2. The minimum absolute atomic E-state index is 0.0214. The molecular formula is C6H13BO3. The number of hydrogen-bond acceptors (Lipinski definition) is 3. The first-order valence-electron chi connectivity index (χ1n) is 3.72. The Hall–Kier alpha value is -0.0551. The van der Waals surface area contributed by atoms with Crippen LogP contribution in [-0.2, 0) is 4.74 Å². The maximum Gasteiger partial charge on any atom is 0.158 e. The molecule has 0 spiro atoms. The van der Waals surface area contributed by atoms with E-state index >= 15 is 0 Å². The number of hydrogen-bond donors (Lipinski definition) is 2. The minimum Gasteiger partial charge on any atom is -0.394 e. The highest BCUT2D eigenvalue weighted by Gasteiger charge is 2.31. The lowest BCUT2D eigenvalue weighted by atomic mass is 9.72. The van der Waals surface area contributed by atoms with Crippen LogP contribution in [0.3, 0.4) is 0 Å². The van der Waals surface area contributed by atoms with Crippen LogP contribution in [0.5, 0.6) is 0 Å². The lowest BCUT2D eigenvalue weighted by Crippen LogP contribution is -2.25. The van der Waals surface area contributed by atoms with Crippen LogP contribution in [0.4, 0.5) is 0 Å². The third kappa shape index (κ3) is 1.51. The SMILES string of the molecule is CB[C@@H]1O[C@H](CO)C[C@H]1O. The Morgan fingerprint density at radius 1 is 1.70 bits per heavy atom. The van der Waals surface area contributed by atoms with Crippen molar-refractivity contribution >= 4 is 7.28 Å². The Bertz CT molecular complexity index is 109. The summed E-state index contributed by atoms with van der Waals surface area (Å²) < 4.78 is 5.27. The van der Waals surface area contributed by atoms with E-state index in [-0.39, 0.29) is 24.8 Å². The van der Waals surface area contributed by atoms with Gasteiger partial charge in [-0.05, 0) is 0 Å². The highest BCUT2D eigenvalue weighted by Crippen LogP contribution is 2.18. The third-order valence-corrected chi connectivity index (χ3v) is 1.91. The van der Waals surface area contributed by atoms with Crippen LogP contribution in [-0.4, -0.2) is 42.3 Å². The van der Waals surface area contributed by atoms with E-state index in [9.17, 15) is 5.11 Å². The second-order valence-corrected chi connectivity index (χ2v) is 2.69. The summed E-state index contributed by atoms with van der Waals surface area (Å²) in [7, 11) is 0.817. The van der Waals surface area contributed by atoms with E-state index in [4.69, 9.17) is 9.84 Å². The van der Waals surface area contributed by atoms with Crippen LogP contribution in [0.15, 0.2) is 0 Å². The molecule has 0 aromatic carbocycles. The highest BCUT2D eigenvalue weighted by molar-refractivity contribution is 6.35. The number of aliphatic hydroxyl groups excluding tert-OH is 2. The fourth-order valence-electron chi connectivity index (χ4n) is 1.30. The molecule has 1 aliphatic heterocycles. The van der Waals surface area contributed by atoms with Crippen molar-refractivity contribution in [1.82, 2.24) is 0 Å². The van der Waals surface area contributed by atoms with Crippen LogP contribution < -0.4 is 0 Å². The molecule has 2 N–H and O–H groups in total. The van der Waals surface area contributed by atoms with Crippen molar-refractivity contribution in [1.29, 1.82) is 0 Å². The van der Waals surface area contributed by atoms with Crippen molar-refractivity contribution < 1.29 is 14.9 Å². The molecular weight excluding hydrogens is 131 g/mol. The first kappa shape index (κ1) is 8.05. The van der Waals surface area contributed by atoms with E-state index in [1.54, 1.807) is 0 Å². The molecule has 0 saturated carbocycles. The summed E-state index contributed by atoms with van der Waals surface area (Å²) in [6.45, 7) is 1.99. The smallest absolute Gasteiger partial charge is 0.158 e. The Balaban J connectivity index is 2.36. The predicted molar refractivity (Wildman–Crippen MR) is 39.4 cm³/mol. The Kier molecular flexibility index (Phi) is 2.71. The zero-order valence-corrected chi connectivity index (χ0v) is 6.16. The molecule has 0 bridgehead atoms. The summed E-state index contributed by atoms with van der Waals surface area (Å²) >= 11 is 0. The van der Waals surface area contributed by atoms with Crippen molar-refractivity contribution in [3.05, 3.63) is 0 Å². The molecule has 3 atom stereocenters. The zero-order valence-electron chi connectivity index (χ0n) is 6.16. The van der Waals surface area contributed by atoms with Crippen LogP contribution in [0, 0.1) is 0 Å². The summed E-state index contributed by atoms with van der Waals surface area (Å²) in [5.41, 5.74) is 0. The summed E-state index contributed by atoms with van der Waals surface area (Å²) in [6.07, 6.45) is 0.0664. The third-order valence-electron chi connectivity index (χ3n) is 1.91. The van der Waals surface area contributed by atoms with Gasteiger partial charge in [0.2, 0.25) is 0 Å². The van der Waals surface area contributed by atoms with E-state index < -0.39 is 0 Å². The first-order valence-corrected chi connectivity index (χ1v) is 3.72. The zero-order chi connectivity index (χ0) is 7.56. The number of ether oxygens (including phenoxy) is 1. The number of aliphatic hydroxyl groups is 2. The van der Waals surface area contributed by atoms with Crippen molar-refractivity contribution in [2.75, 3.05) is 6.61 Å². The molecule has 10 heavy (non-hydrogen) atoms. The molecule has 0 radical (unpaired) electrons. The van der Waals surface area contributed by atoms with Crippen molar-refractivity contribution in [3.8, 4) is 0 Å². The van der Waals surface area contributed by atoms with Crippen LogP contribution in [0.2, 0.25) is 6.82 Å². The van der Waals surface area contributed by atoms with Crippen molar-refractivity contribution in [2.24, 2.45) is 0 Å². The van der Waals surface area contributed by atoms with Crippen LogP contribution in [0.25, 0.3) is 0 Å². The summed E-state index contributed by atoms with van der Waals surface area (Å²) in [4.78, 5) is 0. The summed E-state index contributed by atoms with van der Waals surface area (Å²) in [5.74, 6) is 0. The monoisotopic (exact) mass is 144 g/mol. The second kappa shape index (κ2) is 3.37. The molecule has 58 valence electrons. The fourth-order valence-corrected chi connectivity index (χ4v) is 1.30. The molecule has 0 aromatic heterocycles. The van der Waals surface area contributed by atoms with E-state index in [2.05, 4.69) is 0 Å². The Labute approximate surface area is 61.2 Å². The molecule has 1 fully saturated rings. The van der Waals surface area contributed by atoms with Gasteiger partial charge in [0, 0.05) is 6.42 Å². The average molecular weight is 144 g/mol. The Morgan fingerprint density at radius 3 is 2.70 bits per heavy atom. The first-order chi connectivity index (χ1) is 4.77. The van der Waals surface area contributed by atoms with Gasteiger partial charge in [0.05, 0.1) is 24.8 Å². The van der Waals surface area contributed by atoms with Crippen molar-refractivity contribution in [3.63, 3.8) is 0 Å². The minimum atomic E-state index is -0.373. The van der Waals surface area contributed by atoms with Crippen molar-refractivity contribution in [2.45, 2.75) is 31.5 Å². The molecule has 0 unspecified atom stereocenters. The van der Waals surface area contributed by atoms with E-state index in [1.165, 1.54) is 0 Å². The van der Waals surface area contributed by atoms with Gasteiger partial charge < -0.3 is 14.9 Å². The summed E-state index contributed by atoms with van der Waals surface area (Å²) in [6, 6.07) is -0.0582. The fraction of sp³-hybridized carbons (Fsp3) is 1.00. The van der Waals surface area contributed by atoms with Gasteiger partial charge in [0.1, 0.15) is 0 Å². The van der Waals surface area contributed by atoms with Gasteiger partial charge in [-0.1, -0.05) is 6.82 Å². The largest absolute Gasteiger partial charge is 0.394 e. The van der Waals surface area contributed by atoms with Crippen LogP contribution >= 0.6 is 0 Å². The molecule has 4 heteroatoms. The highest BCUT2D eigenvalue weighted by atomic mass is 16.5. The molecule has 1 saturated heterocycles. The second-order valence-electron chi connectivity index (χ2n) is 2.69. The van der Waals surface area contributed by atoms with Gasteiger partial charge in [-0.2, -0.15) is 0 Å². The molecule has 0 aromatic rings. The molecule has 3 nitrogen and oxygen atoms in total. The maximum atomic E-state index is 9.25. The van der Waals surface area contributed by atoms with E-state index in [1.807, 2.05) is 6.82 Å². The lowest BCUT2D eigenvalue weighted by Gasteiger charge is -2.09. The Morgan fingerprint density at radius 2 is 2.40 bits per heavy atom. The van der Waals surface area contributed by atoms with Crippen LogP contribution in [0.1, 0.15) is 6.42 Å². The topological polar surface area (TPSA) is 49.7 Å². The van der Waals surface area contributed by atoms with Gasteiger partial charge in [0.25, 0.3) is 0 Å². The predicted octanol–water partition coefficient (Wildman–Crippen LogP) is -1.06. The van der Waals surface area contributed by atoms with E-state index in [0.29, 0.717) is 6.42 Å². The van der Waals surface area contributed by atoms with Gasteiger partial charge >= 0.3 is 0 Å². The average Bonchev–Trinajstić information content (AvgIpc) is 2.30. The molecule has 1 heterocycles. The normalized spacial score (nSPS) is 40.1. The quantitative estimate of drug-likeness (QED) is 0.485. The van der Waals surface area contributed by atoms with Gasteiger partial charge in [-0.15, -0.1) is 0 Å². The standard InChI is InChI=1S/C6H13BO3/c1-7-6-5(9)2-4(3-8)10-6/h4-9H,2-3H2,1H3/t4-,5+,6+/m0/s1. The van der Waals surface area contributed by atoms with Gasteiger partial charge in [0.15, 0.2) is 7.28 Å². The maximum absolute atomic E-state index is 9.25. The van der Waals surface area contributed by atoms with E-state index in [0.717, 1.165) is 7.28 Å². The molecule has 0 amide bonds. The molecule has 1 rings (SSSR count). The summed E-state index contributed by atoms with van der Waals surface area (Å²) in [5, 5.41) is 17.9. The van der Waals surface area contributed by atoms with Gasteiger partial charge in [-0.25, -0.2) is 0 Å². The van der Waals surface area contributed by atoms with Gasteiger partial charge in [-0.3, -0.25) is 0 Å².